The van der Waals surface area contributed by atoms with Gasteiger partial charge in [-0.1, -0.05) is 39.5 Å². The molecule has 0 amide bonds. The van der Waals surface area contributed by atoms with Crippen LogP contribution in [0.1, 0.15) is 65.2 Å². The van der Waals surface area contributed by atoms with Gasteiger partial charge in [-0.15, -0.1) is 0 Å². The van der Waals surface area contributed by atoms with Crippen LogP contribution in [0.5, 0.6) is 0 Å². The summed E-state index contributed by atoms with van der Waals surface area (Å²) >= 11 is 0. The molecule has 2 aliphatic carbocycles. The van der Waals surface area contributed by atoms with Gasteiger partial charge in [0.15, 0.2) is 0 Å². The highest BCUT2D eigenvalue weighted by Gasteiger charge is 2.40. The molecule has 92 valence electrons. The highest BCUT2D eigenvalue weighted by Crippen LogP contribution is 2.42. The predicted octanol–water partition coefficient (Wildman–Crippen LogP) is 4.21. The van der Waals surface area contributed by atoms with E-state index in [2.05, 4.69) is 13.8 Å². The van der Waals surface area contributed by atoms with Crippen molar-refractivity contribution in [1.29, 1.82) is 0 Å². The molecule has 2 fully saturated rings. The maximum Gasteiger partial charge on any atom is 0.139 e. The van der Waals surface area contributed by atoms with E-state index in [0.29, 0.717) is 23.5 Å². The van der Waals surface area contributed by atoms with E-state index in [0.717, 1.165) is 12.3 Å². The summed E-state index contributed by atoms with van der Waals surface area (Å²) in [7, 11) is 0. The van der Waals surface area contributed by atoms with E-state index >= 15 is 0 Å². The molecule has 0 bridgehead atoms. The van der Waals surface area contributed by atoms with Crippen molar-refractivity contribution in [3.8, 4) is 0 Å². The zero-order chi connectivity index (χ0) is 11.5. The zero-order valence-electron chi connectivity index (χ0n) is 10.9. The van der Waals surface area contributed by atoms with Crippen molar-refractivity contribution in [2.45, 2.75) is 65.2 Å². The van der Waals surface area contributed by atoms with Crippen molar-refractivity contribution in [2.75, 3.05) is 0 Å². The number of ketones is 1. The van der Waals surface area contributed by atoms with Crippen molar-refractivity contribution in [3.63, 3.8) is 0 Å². The fourth-order valence-corrected chi connectivity index (χ4v) is 3.77. The largest absolute Gasteiger partial charge is 0.299 e. The second kappa shape index (κ2) is 5.33. The molecule has 3 unspecified atom stereocenters. The molecule has 0 N–H and O–H groups in total. The van der Waals surface area contributed by atoms with Gasteiger partial charge >= 0.3 is 0 Å². The Balaban J connectivity index is 1.95. The predicted molar refractivity (Wildman–Crippen MR) is 67.3 cm³/mol. The molecule has 2 saturated carbocycles. The molecular formula is C15H26O. The van der Waals surface area contributed by atoms with E-state index in [-0.39, 0.29) is 0 Å². The van der Waals surface area contributed by atoms with E-state index in [9.17, 15) is 4.79 Å². The van der Waals surface area contributed by atoms with Crippen molar-refractivity contribution >= 4 is 5.78 Å². The summed E-state index contributed by atoms with van der Waals surface area (Å²) in [6.07, 6.45) is 10.3. The van der Waals surface area contributed by atoms with Crippen LogP contribution >= 0.6 is 0 Å². The van der Waals surface area contributed by atoms with Gasteiger partial charge in [0, 0.05) is 11.8 Å². The minimum atomic E-state index is 0.400. The van der Waals surface area contributed by atoms with E-state index in [1.807, 2.05) is 0 Å². The van der Waals surface area contributed by atoms with Crippen LogP contribution in [-0.2, 0) is 4.79 Å². The molecule has 0 aliphatic heterocycles. The van der Waals surface area contributed by atoms with Crippen molar-refractivity contribution in [1.82, 2.24) is 0 Å². The summed E-state index contributed by atoms with van der Waals surface area (Å²) in [5.41, 5.74) is 0. The highest BCUT2D eigenvalue weighted by molar-refractivity contribution is 5.85. The quantitative estimate of drug-likeness (QED) is 0.699. The first-order valence-electron chi connectivity index (χ1n) is 7.27. The van der Waals surface area contributed by atoms with Gasteiger partial charge in [0.25, 0.3) is 0 Å². The molecule has 0 spiro atoms. The van der Waals surface area contributed by atoms with Crippen molar-refractivity contribution < 1.29 is 4.79 Å². The van der Waals surface area contributed by atoms with Crippen molar-refractivity contribution in [2.24, 2.45) is 23.7 Å². The topological polar surface area (TPSA) is 17.1 Å². The molecule has 3 atom stereocenters. The third-order valence-electron chi connectivity index (χ3n) is 5.07. The lowest BCUT2D eigenvalue weighted by Gasteiger charge is -2.27. The molecule has 2 rings (SSSR count). The summed E-state index contributed by atoms with van der Waals surface area (Å²) in [5, 5.41) is 0. The van der Waals surface area contributed by atoms with Crippen LogP contribution in [0.4, 0.5) is 0 Å². The number of carbonyl (C=O) groups is 1. The van der Waals surface area contributed by atoms with Gasteiger partial charge in [-0.2, -0.15) is 0 Å². The Bertz CT molecular complexity index is 240. The van der Waals surface area contributed by atoms with E-state index in [4.69, 9.17) is 0 Å². The fourth-order valence-electron chi connectivity index (χ4n) is 3.77. The van der Waals surface area contributed by atoms with Gasteiger partial charge < -0.3 is 0 Å². The van der Waals surface area contributed by atoms with E-state index in [1.165, 1.54) is 44.9 Å². The van der Waals surface area contributed by atoms with Gasteiger partial charge in [-0.05, 0) is 37.5 Å². The third kappa shape index (κ3) is 2.33. The molecule has 2 aliphatic rings. The zero-order valence-corrected chi connectivity index (χ0v) is 10.9. The average molecular weight is 222 g/mol. The summed E-state index contributed by atoms with van der Waals surface area (Å²) in [4.78, 5) is 12.4. The first kappa shape index (κ1) is 12.1. The van der Waals surface area contributed by atoms with Crippen LogP contribution in [0.25, 0.3) is 0 Å². The maximum atomic E-state index is 12.4. The Morgan fingerprint density at radius 3 is 2.44 bits per heavy atom. The third-order valence-corrected chi connectivity index (χ3v) is 5.07. The molecule has 16 heavy (non-hydrogen) atoms. The number of rotatable bonds is 3. The molecule has 0 saturated heterocycles. The number of hydrogen-bond acceptors (Lipinski definition) is 1. The first-order chi connectivity index (χ1) is 7.74. The van der Waals surface area contributed by atoms with Crippen LogP contribution in [0.2, 0.25) is 0 Å². The Morgan fingerprint density at radius 1 is 1.12 bits per heavy atom. The average Bonchev–Trinajstić information content (AvgIpc) is 2.71. The van der Waals surface area contributed by atoms with Gasteiger partial charge in [0.2, 0.25) is 0 Å². The SMILES string of the molecule is CCC(C)C1CCC(C2CCCCC2)C1=O. The van der Waals surface area contributed by atoms with Gasteiger partial charge in [-0.25, -0.2) is 0 Å². The lowest BCUT2D eigenvalue weighted by Crippen LogP contribution is -2.26. The second-order valence-corrected chi connectivity index (χ2v) is 5.98. The smallest absolute Gasteiger partial charge is 0.139 e. The first-order valence-corrected chi connectivity index (χ1v) is 7.27. The second-order valence-electron chi connectivity index (χ2n) is 5.98. The summed E-state index contributed by atoms with van der Waals surface area (Å²) in [5.74, 6) is 2.83. The Kier molecular flexibility index (Phi) is 4.05. The Morgan fingerprint density at radius 2 is 1.81 bits per heavy atom. The Hall–Kier alpha value is -0.330. The molecule has 0 aromatic heterocycles. The molecule has 0 heterocycles. The molecule has 1 heteroatoms. The minimum absolute atomic E-state index is 0.400. The van der Waals surface area contributed by atoms with E-state index in [1.54, 1.807) is 0 Å². The summed E-state index contributed by atoms with van der Waals surface area (Å²) < 4.78 is 0. The standard InChI is InChI=1S/C15H26O/c1-3-11(2)13-9-10-14(15(13)16)12-7-5-4-6-8-12/h11-14H,3-10H2,1-2H3. The lowest BCUT2D eigenvalue weighted by molar-refractivity contribution is -0.126. The fraction of sp³-hybridized carbons (Fsp3) is 0.933. The van der Waals surface area contributed by atoms with Crippen molar-refractivity contribution in [3.05, 3.63) is 0 Å². The summed E-state index contributed by atoms with van der Waals surface area (Å²) in [6.45, 7) is 4.47. The van der Waals surface area contributed by atoms with Gasteiger partial charge in [0.1, 0.15) is 5.78 Å². The van der Waals surface area contributed by atoms with Crippen LogP contribution in [0, 0.1) is 23.7 Å². The minimum Gasteiger partial charge on any atom is -0.299 e. The summed E-state index contributed by atoms with van der Waals surface area (Å²) in [6, 6.07) is 0. The molecule has 0 radical (unpaired) electrons. The van der Waals surface area contributed by atoms with E-state index < -0.39 is 0 Å². The highest BCUT2D eigenvalue weighted by atomic mass is 16.1. The van der Waals surface area contributed by atoms with Crippen LogP contribution in [0.15, 0.2) is 0 Å². The number of hydrogen-bond donors (Lipinski definition) is 0. The molecular weight excluding hydrogens is 196 g/mol. The monoisotopic (exact) mass is 222 g/mol. The normalized spacial score (nSPS) is 34.2. The maximum absolute atomic E-state index is 12.4. The van der Waals surface area contributed by atoms with Crippen LogP contribution < -0.4 is 0 Å². The molecule has 0 aromatic carbocycles. The number of Topliss-reactive ketones (excluding diaryl/α,β-unsaturated/α-hetero) is 1. The molecule has 1 nitrogen and oxygen atoms in total. The van der Waals surface area contributed by atoms with Gasteiger partial charge in [0.05, 0.1) is 0 Å². The molecule has 0 aromatic rings. The van der Waals surface area contributed by atoms with Gasteiger partial charge in [-0.3, -0.25) is 4.79 Å². The Labute approximate surface area is 100.0 Å². The van der Waals surface area contributed by atoms with Crippen LogP contribution in [-0.4, -0.2) is 5.78 Å². The number of carbonyl (C=O) groups excluding carboxylic acids is 1. The lowest BCUT2D eigenvalue weighted by atomic mass is 9.77. The van der Waals surface area contributed by atoms with Crippen LogP contribution in [0.3, 0.4) is 0 Å².